The van der Waals surface area contributed by atoms with Crippen molar-refractivity contribution in [3.8, 4) is 23.7 Å². The third kappa shape index (κ3) is 10.9. The zero-order chi connectivity index (χ0) is 31.0. The Bertz CT molecular complexity index is 1300. The molecule has 1 unspecified atom stereocenters. The summed E-state index contributed by atoms with van der Waals surface area (Å²) in [5.41, 5.74) is -1.70. The molecule has 1 aliphatic heterocycles. The van der Waals surface area contributed by atoms with Crippen molar-refractivity contribution in [2.75, 3.05) is 13.7 Å². The largest absolute Gasteiger partial charge is 0.467 e. The van der Waals surface area contributed by atoms with Crippen molar-refractivity contribution < 1.29 is 33.4 Å². The van der Waals surface area contributed by atoms with Gasteiger partial charge in [-0.2, -0.15) is 10.1 Å². The van der Waals surface area contributed by atoms with E-state index in [1.807, 2.05) is 0 Å². The Morgan fingerprint density at radius 3 is 2.12 bits per heavy atom. The third-order valence-electron chi connectivity index (χ3n) is 5.29. The maximum atomic E-state index is 12.9. The van der Waals surface area contributed by atoms with Crippen molar-refractivity contribution in [1.82, 2.24) is 15.6 Å². The SMILES string of the molecule is COC(=O)[C@@H](NC(=O)c1ccc(C#CC#CC2C=NN(C(=O)OC(C)(C)C)C2)cc1)C(C)(C)NC(=O)OC(C)(C)C. The molecule has 0 aromatic heterocycles. The molecular weight excluding hydrogens is 528 g/mol. The van der Waals surface area contributed by atoms with Gasteiger partial charge >= 0.3 is 18.2 Å². The van der Waals surface area contributed by atoms with Gasteiger partial charge in [0.25, 0.3) is 5.91 Å². The molecule has 2 atom stereocenters. The number of hydrogen-bond donors (Lipinski definition) is 2. The van der Waals surface area contributed by atoms with Gasteiger partial charge in [0, 0.05) is 17.3 Å². The van der Waals surface area contributed by atoms with Gasteiger partial charge in [-0.05, 0) is 91.5 Å². The summed E-state index contributed by atoms with van der Waals surface area (Å²) in [6.45, 7) is 13.9. The van der Waals surface area contributed by atoms with Crippen LogP contribution in [0.3, 0.4) is 0 Å². The molecule has 0 aliphatic carbocycles. The van der Waals surface area contributed by atoms with Crippen molar-refractivity contribution in [1.29, 1.82) is 0 Å². The molecule has 0 bridgehead atoms. The molecule has 41 heavy (non-hydrogen) atoms. The zero-order valence-electron chi connectivity index (χ0n) is 25.0. The van der Waals surface area contributed by atoms with E-state index in [0.29, 0.717) is 5.56 Å². The Morgan fingerprint density at radius 1 is 0.951 bits per heavy atom. The van der Waals surface area contributed by atoms with E-state index in [9.17, 15) is 19.2 Å². The molecule has 0 spiro atoms. The molecule has 220 valence electrons. The molecular formula is C30H38N4O7. The molecule has 1 aliphatic rings. The first kappa shape index (κ1) is 32.7. The van der Waals surface area contributed by atoms with Crippen LogP contribution in [-0.2, 0) is 19.0 Å². The maximum Gasteiger partial charge on any atom is 0.430 e. The number of nitrogens with zero attached hydrogens (tertiary/aromatic N) is 2. The van der Waals surface area contributed by atoms with E-state index in [-0.39, 0.29) is 18.0 Å². The standard InChI is InChI=1S/C30H38N4O7/c1-28(2,3)40-26(37)33-30(7,8)23(25(36)39-9)32-24(35)22-16-14-20(15-17-22)12-10-11-13-21-18-31-34(19-21)27(38)41-29(4,5)6/h14-18,21,23H,19H2,1-9H3,(H,32,35)(H,33,37)/t21?,23-/m1/s1. The summed E-state index contributed by atoms with van der Waals surface area (Å²) in [4.78, 5) is 49.8. The highest BCUT2D eigenvalue weighted by Crippen LogP contribution is 2.16. The number of benzene rings is 1. The quantitative estimate of drug-likeness (QED) is 0.317. The summed E-state index contributed by atoms with van der Waals surface area (Å²) in [6, 6.07) is 5.19. The monoisotopic (exact) mass is 566 g/mol. The van der Waals surface area contributed by atoms with E-state index in [1.54, 1.807) is 85.9 Å². The molecule has 0 saturated heterocycles. The number of amides is 3. The molecule has 11 nitrogen and oxygen atoms in total. The molecule has 1 heterocycles. The minimum absolute atomic E-state index is 0.264. The van der Waals surface area contributed by atoms with Crippen LogP contribution in [0.4, 0.5) is 9.59 Å². The molecule has 1 aromatic carbocycles. The number of rotatable bonds is 5. The number of methoxy groups -OCH3 is 1. The highest BCUT2D eigenvalue weighted by atomic mass is 16.6. The summed E-state index contributed by atoms with van der Waals surface area (Å²) in [6.07, 6.45) is 0.295. The van der Waals surface area contributed by atoms with Gasteiger partial charge < -0.3 is 24.8 Å². The average Bonchev–Trinajstić information content (AvgIpc) is 3.31. The minimum atomic E-state index is -1.23. The van der Waals surface area contributed by atoms with Gasteiger partial charge in [0.2, 0.25) is 0 Å². The zero-order valence-corrected chi connectivity index (χ0v) is 25.0. The predicted octanol–water partition coefficient (Wildman–Crippen LogP) is 3.47. The summed E-state index contributed by atoms with van der Waals surface area (Å²) in [7, 11) is 1.19. The molecule has 2 N–H and O–H groups in total. The molecule has 11 heteroatoms. The summed E-state index contributed by atoms with van der Waals surface area (Å²) < 4.78 is 15.4. The Balaban J connectivity index is 2.02. The number of hydrogen-bond acceptors (Lipinski definition) is 8. The molecule has 0 saturated carbocycles. The van der Waals surface area contributed by atoms with Gasteiger partial charge in [-0.25, -0.2) is 14.4 Å². The predicted molar refractivity (Wildman–Crippen MR) is 153 cm³/mol. The minimum Gasteiger partial charge on any atom is -0.467 e. The second kappa shape index (κ2) is 13.2. The Kier molecular flexibility index (Phi) is 10.6. The van der Waals surface area contributed by atoms with Crippen molar-refractivity contribution in [2.45, 2.75) is 78.2 Å². The van der Waals surface area contributed by atoms with Crippen LogP contribution in [0.1, 0.15) is 71.3 Å². The van der Waals surface area contributed by atoms with E-state index in [4.69, 9.17) is 14.2 Å². The normalized spacial score (nSPS) is 15.3. The van der Waals surface area contributed by atoms with Gasteiger partial charge in [0.15, 0.2) is 0 Å². The van der Waals surface area contributed by atoms with Crippen LogP contribution in [0.25, 0.3) is 0 Å². The highest BCUT2D eigenvalue weighted by molar-refractivity contribution is 5.97. The third-order valence-corrected chi connectivity index (χ3v) is 5.29. The van der Waals surface area contributed by atoms with Gasteiger partial charge in [-0.1, -0.05) is 11.8 Å². The number of alkyl carbamates (subject to hydrolysis) is 1. The summed E-state index contributed by atoms with van der Waals surface area (Å²) in [5, 5.41) is 10.5. The highest BCUT2D eigenvalue weighted by Gasteiger charge is 2.40. The molecule has 0 fully saturated rings. The van der Waals surface area contributed by atoms with Crippen LogP contribution in [-0.4, -0.2) is 71.7 Å². The van der Waals surface area contributed by atoms with Crippen LogP contribution in [0.5, 0.6) is 0 Å². The second-order valence-corrected chi connectivity index (χ2v) is 11.8. The van der Waals surface area contributed by atoms with Crippen molar-refractivity contribution in [3.05, 3.63) is 35.4 Å². The van der Waals surface area contributed by atoms with Crippen molar-refractivity contribution >= 4 is 30.3 Å². The van der Waals surface area contributed by atoms with E-state index >= 15 is 0 Å². The molecule has 0 radical (unpaired) electrons. The Labute approximate surface area is 241 Å². The van der Waals surface area contributed by atoms with E-state index in [1.165, 1.54) is 12.1 Å². The van der Waals surface area contributed by atoms with E-state index in [2.05, 4.69) is 39.4 Å². The smallest absolute Gasteiger partial charge is 0.430 e. The fraction of sp³-hybridized carbons (Fsp3) is 0.500. The number of carbonyl (C=O) groups excluding carboxylic acids is 4. The first-order valence-corrected chi connectivity index (χ1v) is 13.0. The first-order valence-electron chi connectivity index (χ1n) is 13.0. The van der Waals surface area contributed by atoms with Gasteiger partial charge in [0.05, 0.1) is 25.1 Å². The average molecular weight is 567 g/mol. The fourth-order valence-electron chi connectivity index (χ4n) is 3.40. The number of esters is 1. The molecule has 3 amide bonds. The van der Waals surface area contributed by atoms with Gasteiger partial charge in [-0.15, -0.1) is 0 Å². The van der Waals surface area contributed by atoms with Gasteiger partial charge in [0.1, 0.15) is 17.2 Å². The Hall–Kier alpha value is -4.51. The number of carbonyl (C=O) groups is 4. The lowest BCUT2D eigenvalue weighted by Gasteiger charge is -2.34. The lowest BCUT2D eigenvalue weighted by atomic mass is 9.94. The second-order valence-electron chi connectivity index (χ2n) is 11.8. The van der Waals surface area contributed by atoms with Gasteiger partial charge in [-0.3, -0.25) is 4.79 Å². The fourth-order valence-corrected chi connectivity index (χ4v) is 3.40. The van der Waals surface area contributed by atoms with Crippen molar-refractivity contribution in [3.63, 3.8) is 0 Å². The van der Waals surface area contributed by atoms with Crippen LogP contribution < -0.4 is 10.6 Å². The van der Waals surface area contributed by atoms with E-state index < -0.39 is 46.8 Å². The Morgan fingerprint density at radius 2 is 1.56 bits per heavy atom. The topological polar surface area (TPSA) is 136 Å². The van der Waals surface area contributed by atoms with Crippen LogP contribution in [0, 0.1) is 29.6 Å². The molecule has 2 rings (SSSR count). The number of nitrogens with one attached hydrogen (secondary N) is 2. The van der Waals surface area contributed by atoms with Crippen LogP contribution >= 0.6 is 0 Å². The van der Waals surface area contributed by atoms with Crippen LogP contribution in [0.2, 0.25) is 0 Å². The number of hydrazone groups is 1. The van der Waals surface area contributed by atoms with Crippen molar-refractivity contribution in [2.24, 2.45) is 11.0 Å². The maximum absolute atomic E-state index is 12.9. The summed E-state index contributed by atoms with van der Waals surface area (Å²) >= 11 is 0. The van der Waals surface area contributed by atoms with E-state index in [0.717, 1.165) is 0 Å². The van der Waals surface area contributed by atoms with Crippen LogP contribution in [0.15, 0.2) is 29.4 Å². The first-order chi connectivity index (χ1) is 18.9. The molecule has 1 aromatic rings. The lowest BCUT2D eigenvalue weighted by Crippen LogP contribution is -2.62. The lowest BCUT2D eigenvalue weighted by molar-refractivity contribution is -0.144. The summed E-state index contributed by atoms with van der Waals surface area (Å²) in [5.74, 6) is 9.79. The number of ether oxygens (including phenoxy) is 3.